The summed E-state index contributed by atoms with van der Waals surface area (Å²) in [5.74, 6) is -0.870. The van der Waals surface area contributed by atoms with Gasteiger partial charge in [-0.2, -0.15) is 0 Å². The van der Waals surface area contributed by atoms with E-state index in [9.17, 15) is 9.90 Å². The van der Waals surface area contributed by atoms with Crippen molar-refractivity contribution >= 4 is 16.9 Å². The van der Waals surface area contributed by atoms with Gasteiger partial charge in [0.1, 0.15) is 0 Å². The molecule has 120 valence electrons. The third-order valence-electron chi connectivity index (χ3n) is 4.14. The van der Waals surface area contributed by atoms with Crippen LogP contribution in [0, 0.1) is 0 Å². The lowest BCUT2D eigenvalue weighted by molar-refractivity contribution is 0.0698. The number of carbonyl (C=O) groups is 1. The number of fused-ring (bicyclic) bond motifs is 1. The van der Waals surface area contributed by atoms with Crippen molar-refractivity contribution < 1.29 is 9.90 Å². The lowest BCUT2D eigenvalue weighted by atomic mass is 9.85. The zero-order valence-electron chi connectivity index (χ0n) is 13.9. The van der Waals surface area contributed by atoms with E-state index >= 15 is 0 Å². The van der Waals surface area contributed by atoms with E-state index in [2.05, 4.69) is 44.5 Å². The van der Waals surface area contributed by atoms with E-state index in [0.29, 0.717) is 12.1 Å². The summed E-state index contributed by atoms with van der Waals surface area (Å²) < 4.78 is 2.05. The number of hydrogen-bond donors (Lipinski definition) is 2. The molecule has 22 heavy (non-hydrogen) atoms. The molecule has 2 rings (SSSR count). The van der Waals surface area contributed by atoms with E-state index in [1.807, 2.05) is 6.07 Å². The van der Waals surface area contributed by atoms with Gasteiger partial charge in [-0.25, -0.2) is 4.79 Å². The fraction of sp³-hybridized carbons (Fsp3) is 0.500. The first kappa shape index (κ1) is 16.6. The largest absolute Gasteiger partial charge is 0.478 e. The molecule has 4 heteroatoms. The highest BCUT2D eigenvalue weighted by atomic mass is 16.4. The fourth-order valence-corrected chi connectivity index (χ4v) is 2.83. The van der Waals surface area contributed by atoms with E-state index < -0.39 is 5.97 Å². The Hall–Kier alpha value is -1.81. The van der Waals surface area contributed by atoms with Crippen LogP contribution in [0.4, 0.5) is 0 Å². The third-order valence-corrected chi connectivity index (χ3v) is 4.14. The summed E-state index contributed by atoms with van der Waals surface area (Å²) in [5.41, 5.74) is 9.00. The zero-order chi connectivity index (χ0) is 16.5. The Labute approximate surface area is 131 Å². The van der Waals surface area contributed by atoms with Gasteiger partial charge in [0, 0.05) is 18.1 Å². The van der Waals surface area contributed by atoms with Gasteiger partial charge in [0.15, 0.2) is 0 Å². The highest BCUT2D eigenvalue weighted by Gasteiger charge is 2.22. The summed E-state index contributed by atoms with van der Waals surface area (Å²) in [4.78, 5) is 11.8. The highest BCUT2D eigenvalue weighted by Crippen LogP contribution is 2.32. The number of rotatable bonds is 5. The third kappa shape index (κ3) is 3.02. The van der Waals surface area contributed by atoms with Gasteiger partial charge in [-0.3, -0.25) is 0 Å². The van der Waals surface area contributed by atoms with Crippen LogP contribution in [0.25, 0.3) is 10.9 Å². The molecule has 0 amide bonds. The Morgan fingerprint density at radius 2 is 2.00 bits per heavy atom. The standard InChI is InChI=1S/C18H26N2O2/c1-5-12-11-20(8-6-7-19)16-14(12)9-13(18(2,3)4)10-15(16)17(21)22/h9-11H,5-8,19H2,1-4H3,(H,21,22). The lowest BCUT2D eigenvalue weighted by Gasteiger charge is -2.20. The molecule has 4 nitrogen and oxygen atoms in total. The summed E-state index contributed by atoms with van der Waals surface area (Å²) in [6.07, 6.45) is 3.81. The van der Waals surface area contributed by atoms with Gasteiger partial charge in [0.2, 0.25) is 0 Å². The first-order chi connectivity index (χ1) is 10.3. The monoisotopic (exact) mass is 302 g/mol. The van der Waals surface area contributed by atoms with E-state index in [-0.39, 0.29) is 5.41 Å². The zero-order valence-corrected chi connectivity index (χ0v) is 13.9. The van der Waals surface area contributed by atoms with Crippen molar-refractivity contribution in [2.75, 3.05) is 6.54 Å². The molecule has 0 saturated heterocycles. The van der Waals surface area contributed by atoms with Crippen LogP contribution in [0.3, 0.4) is 0 Å². The van der Waals surface area contributed by atoms with Crippen LogP contribution in [0.2, 0.25) is 0 Å². The minimum atomic E-state index is -0.870. The van der Waals surface area contributed by atoms with Crippen LogP contribution in [0.5, 0.6) is 0 Å². The first-order valence-electron chi connectivity index (χ1n) is 7.89. The second-order valence-corrected chi connectivity index (χ2v) is 6.82. The average molecular weight is 302 g/mol. The Kier molecular flexibility index (Phi) is 4.61. The minimum Gasteiger partial charge on any atom is -0.478 e. The highest BCUT2D eigenvalue weighted by molar-refractivity contribution is 6.04. The summed E-state index contributed by atoms with van der Waals surface area (Å²) in [6.45, 7) is 9.78. The quantitative estimate of drug-likeness (QED) is 0.887. The molecule has 0 fully saturated rings. The van der Waals surface area contributed by atoms with Gasteiger partial charge in [0.25, 0.3) is 0 Å². The predicted molar refractivity (Wildman–Crippen MR) is 90.6 cm³/mol. The van der Waals surface area contributed by atoms with Gasteiger partial charge >= 0.3 is 5.97 Å². The first-order valence-corrected chi connectivity index (χ1v) is 7.89. The van der Waals surface area contributed by atoms with Crippen LogP contribution >= 0.6 is 0 Å². The molecule has 0 aliphatic heterocycles. The summed E-state index contributed by atoms with van der Waals surface area (Å²) in [7, 11) is 0. The molecule has 0 saturated carbocycles. The smallest absolute Gasteiger partial charge is 0.337 e. The van der Waals surface area contributed by atoms with Crippen LogP contribution < -0.4 is 5.73 Å². The molecule has 1 heterocycles. The second-order valence-electron chi connectivity index (χ2n) is 6.82. The summed E-state index contributed by atoms with van der Waals surface area (Å²) in [5, 5.41) is 10.7. The number of carboxylic acids is 1. The topological polar surface area (TPSA) is 68.2 Å². The summed E-state index contributed by atoms with van der Waals surface area (Å²) in [6, 6.07) is 3.97. The van der Waals surface area contributed by atoms with Crippen LogP contribution in [0.1, 0.15) is 55.6 Å². The number of nitrogens with two attached hydrogens (primary N) is 1. The second kappa shape index (κ2) is 6.13. The van der Waals surface area contributed by atoms with E-state index in [1.165, 1.54) is 5.56 Å². The molecule has 3 N–H and O–H groups in total. The van der Waals surface area contributed by atoms with Crippen LogP contribution in [-0.4, -0.2) is 22.2 Å². The van der Waals surface area contributed by atoms with Crippen molar-refractivity contribution in [1.29, 1.82) is 0 Å². The number of benzene rings is 1. The van der Waals surface area contributed by atoms with Crippen molar-refractivity contribution in [3.8, 4) is 0 Å². The molecular formula is C18H26N2O2. The van der Waals surface area contributed by atoms with E-state index in [4.69, 9.17) is 5.73 Å². The summed E-state index contributed by atoms with van der Waals surface area (Å²) >= 11 is 0. The van der Waals surface area contributed by atoms with E-state index in [1.54, 1.807) is 0 Å². The molecule has 2 aromatic rings. The number of aromatic carboxylic acids is 1. The van der Waals surface area contributed by atoms with E-state index in [0.717, 1.165) is 35.9 Å². The lowest BCUT2D eigenvalue weighted by Crippen LogP contribution is -2.13. The Morgan fingerprint density at radius 3 is 2.50 bits per heavy atom. The molecule has 0 aliphatic rings. The van der Waals surface area contributed by atoms with Gasteiger partial charge in [-0.1, -0.05) is 27.7 Å². The maximum absolute atomic E-state index is 11.8. The molecular weight excluding hydrogens is 276 g/mol. The van der Waals surface area contributed by atoms with Gasteiger partial charge in [-0.15, -0.1) is 0 Å². The van der Waals surface area contributed by atoms with Gasteiger partial charge in [-0.05, 0) is 48.1 Å². The number of nitrogens with zero attached hydrogens (tertiary/aromatic N) is 1. The Balaban J connectivity index is 2.78. The fourth-order valence-electron chi connectivity index (χ4n) is 2.83. The normalized spacial score (nSPS) is 12.0. The Morgan fingerprint density at radius 1 is 1.32 bits per heavy atom. The van der Waals surface area contributed by atoms with Crippen molar-refractivity contribution in [2.24, 2.45) is 5.73 Å². The molecule has 0 unspecified atom stereocenters. The number of hydrogen-bond acceptors (Lipinski definition) is 2. The van der Waals surface area contributed by atoms with Crippen molar-refractivity contribution in [1.82, 2.24) is 4.57 Å². The van der Waals surface area contributed by atoms with Gasteiger partial charge in [0.05, 0.1) is 11.1 Å². The number of aromatic nitrogens is 1. The Bertz CT molecular complexity index is 693. The molecule has 1 aromatic heterocycles. The SMILES string of the molecule is CCc1cn(CCCN)c2c(C(=O)O)cc(C(C)(C)C)cc12. The molecule has 0 aliphatic carbocycles. The molecule has 0 bridgehead atoms. The number of carboxylic acid groups (broad SMARTS) is 1. The minimum absolute atomic E-state index is 0.0806. The average Bonchev–Trinajstić information content (AvgIpc) is 2.81. The van der Waals surface area contributed by atoms with Gasteiger partial charge < -0.3 is 15.4 Å². The molecule has 1 aromatic carbocycles. The van der Waals surface area contributed by atoms with Crippen molar-refractivity contribution in [2.45, 2.75) is 52.5 Å². The van der Waals surface area contributed by atoms with Crippen LogP contribution in [-0.2, 0) is 18.4 Å². The molecule has 0 spiro atoms. The van der Waals surface area contributed by atoms with Crippen molar-refractivity contribution in [3.05, 3.63) is 35.0 Å². The maximum atomic E-state index is 11.8. The predicted octanol–water partition coefficient (Wildman–Crippen LogP) is 3.55. The van der Waals surface area contributed by atoms with Crippen LogP contribution in [0.15, 0.2) is 18.3 Å². The molecule has 0 radical (unpaired) electrons. The number of aryl methyl sites for hydroxylation is 2. The molecule has 0 atom stereocenters. The van der Waals surface area contributed by atoms with Crippen molar-refractivity contribution in [3.63, 3.8) is 0 Å². The maximum Gasteiger partial charge on any atom is 0.337 e.